The number of unbranched alkanes of at least 4 members (excludes halogenated alkanes) is 3. The van der Waals surface area contributed by atoms with Crippen LogP contribution < -0.4 is 20.9 Å². The summed E-state index contributed by atoms with van der Waals surface area (Å²) in [6.07, 6.45) is 6.70. The number of ketones is 1. The summed E-state index contributed by atoms with van der Waals surface area (Å²) in [5.41, 5.74) is 16.0. The van der Waals surface area contributed by atoms with Crippen molar-refractivity contribution in [1.29, 1.82) is 0 Å². The zero-order chi connectivity index (χ0) is 39.3. The maximum absolute atomic E-state index is 12.9. The van der Waals surface area contributed by atoms with Crippen LogP contribution in [-0.2, 0) is 23.8 Å². The van der Waals surface area contributed by atoms with Crippen LogP contribution in [0.3, 0.4) is 0 Å². The number of nitrogen functional groups attached to an aromatic ring is 2. The number of carbonyl (C=O) groups excluding carboxylic acids is 3. The van der Waals surface area contributed by atoms with Crippen molar-refractivity contribution in [1.82, 2.24) is 0 Å². The maximum atomic E-state index is 12.9. The Bertz CT molecular complexity index is 1530. The molecular weight excluding hydrogens is 660 g/mol. The quantitative estimate of drug-likeness (QED) is 0.0347. The maximum Gasteiger partial charge on any atom is 0.333 e. The van der Waals surface area contributed by atoms with Gasteiger partial charge in [-0.05, 0) is 101 Å². The predicted molar refractivity (Wildman–Crippen MR) is 212 cm³/mol. The van der Waals surface area contributed by atoms with Crippen molar-refractivity contribution in [3.05, 3.63) is 114 Å². The number of benzene rings is 3. The van der Waals surface area contributed by atoms with Gasteiger partial charge in [-0.25, -0.2) is 9.59 Å². The number of methoxy groups -OCH3 is 1. The Kier molecular flexibility index (Phi) is 25.4. The summed E-state index contributed by atoms with van der Waals surface area (Å²) in [6.45, 7) is 17.6. The van der Waals surface area contributed by atoms with Gasteiger partial charge >= 0.3 is 11.9 Å². The van der Waals surface area contributed by atoms with Gasteiger partial charge in [0.05, 0.1) is 18.9 Å². The number of carbonyl (C=O) groups is 3. The van der Waals surface area contributed by atoms with Crippen molar-refractivity contribution < 1.29 is 38.1 Å². The van der Waals surface area contributed by atoms with E-state index in [2.05, 4.69) is 17.9 Å². The lowest BCUT2D eigenvalue weighted by Gasteiger charge is -2.10. The molecule has 3 aromatic rings. The standard InChI is InChI=1S/C34H38N2O7.C4H8.C2H6O.C2H6/c1-24(2)34(39)43-22-21-42-32(37)18-9-25-7-10-26(11-8-25)33(38)27-12-15-29(16-13-27)40-19-5-3-4-6-20-41-31-17-14-28(35)23-30(31)36;1-4(2)3;1-3-2;1-2/h7-18,23H,1,3-6,19-22,35-36H2,2H3;1H2,2-3H3;1-2H3;1-2H3/b18-9+;;;. The van der Waals surface area contributed by atoms with E-state index in [9.17, 15) is 14.4 Å². The van der Waals surface area contributed by atoms with Crippen molar-refractivity contribution in [2.45, 2.75) is 60.3 Å². The summed E-state index contributed by atoms with van der Waals surface area (Å²) >= 11 is 0. The first-order valence-electron chi connectivity index (χ1n) is 17.2. The molecule has 0 heterocycles. The molecule has 0 aliphatic carbocycles. The van der Waals surface area contributed by atoms with Crippen molar-refractivity contribution in [2.24, 2.45) is 0 Å². The Balaban J connectivity index is 0.00000261. The Hall–Kier alpha value is -5.35. The molecule has 0 bridgehead atoms. The third-order valence-corrected chi connectivity index (χ3v) is 6.21. The molecule has 4 N–H and O–H groups in total. The molecule has 0 saturated heterocycles. The first-order chi connectivity index (χ1) is 24.9. The minimum atomic E-state index is -0.570. The molecule has 0 radical (unpaired) electrons. The molecule has 0 amide bonds. The molecule has 0 unspecified atom stereocenters. The molecular formula is C42H58N2O8. The lowest BCUT2D eigenvalue weighted by molar-refractivity contribution is -0.146. The Morgan fingerprint density at radius 1 is 0.692 bits per heavy atom. The second-order valence-corrected chi connectivity index (χ2v) is 11.4. The molecule has 0 saturated carbocycles. The third kappa shape index (κ3) is 21.7. The van der Waals surface area contributed by atoms with Crippen LogP contribution >= 0.6 is 0 Å². The fraction of sp³-hybridized carbons (Fsp3) is 0.357. The number of allylic oxidation sites excluding steroid dienone is 1. The first kappa shape index (κ1) is 46.6. The second-order valence-electron chi connectivity index (χ2n) is 11.4. The van der Waals surface area contributed by atoms with Gasteiger partial charge in [0, 0.05) is 42.7 Å². The number of esters is 2. The number of anilines is 2. The molecule has 3 rings (SSSR count). The summed E-state index contributed by atoms with van der Waals surface area (Å²) in [5, 5.41) is 0. The number of ether oxygens (including phenoxy) is 5. The topological polar surface area (TPSA) is 149 Å². The lowest BCUT2D eigenvalue weighted by Crippen LogP contribution is -2.12. The Morgan fingerprint density at radius 2 is 1.19 bits per heavy atom. The molecule has 10 heteroatoms. The van der Waals surface area contributed by atoms with Crippen LogP contribution in [0.4, 0.5) is 11.4 Å². The summed E-state index contributed by atoms with van der Waals surface area (Å²) in [5.74, 6) is 0.143. The molecule has 0 fully saturated rings. The van der Waals surface area contributed by atoms with Crippen LogP contribution in [0.5, 0.6) is 11.5 Å². The minimum absolute atomic E-state index is 0.0463. The fourth-order valence-electron chi connectivity index (χ4n) is 3.86. The number of hydrogen-bond acceptors (Lipinski definition) is 10. The van der Waals surface area contributed by atoms with E-state index in [-0.39, 0.29) is 24.6 Å². The highest BCUT2D eigenvalue weighted by Gasteiger charge is 2.09. The van der Waals surface area contributed by atoms with E-state index < -0.39 is 11.9 Å². The van der Waals surface area contributed by atoms with E-state index in [1.54, 1.807) is 87.0 Å². The third-order valence-electron chi connectivity index (χ3n) is 6.21. The number of hydrogen-bond donors (Lipinski definition) is 2. The van der Waals surface area contributed by atoms with E-state index >= 15 is 0 Å². The van der Waals surface area contributed by atoms with Gasteiger partial charge in [-0.2, -0.15) is 0 Å². The lowest BCUT2D eigenvalue weighted by atomic mass is 10.0. The molecule has 0 aliphatic rings. The molecule has 0 aliphatic heterocycles. The second kappa shape index (κ2) is 28.4. The van der Waals surface area contributed by atoms with Gasteiger partial charge in [0.25, 0.3) is 0 Å². The Morgan fingerprint density at radius 3 is 1.71 bits per heavy atom. The van der Waals surface area contributed by atoms with Gasteiger partial charge in [0.1, 0.15) is 24.7 Å². The normalized spacial score (nSPS) is 9.83. The zero-order valence-electron chi connectivity index (χ0n) is 32.0. The van der Waals surface area contributed by atoms with E-state index in [4.69, 9.17) is 30.4 Å². The average molecular weight is 719 g/mol. The average Bonchev–Trinajstić information content (AvgIpc) is 3.12. The molecule has 0 spiro atoms. The van der Waals surface area contributed by atoms with Crippen molar-refractivity contribution in [3.63, 3.8) is 0 Å². The summed E-state index contributed by atoms with van der Waals surface area (Å²) in [6, 6.07) is 19.2. The Labute approximate surface area is 310 Å². The van der Waals surface area contributed by atoms with Gasteiger partial charge in [-0.15, -0.1) is 6.58 Å². The highest BCUT2D eigenvalue weighted by Crippen LogP contribution is 2.24. The molecule has 0 aromatic heterocycles. The van der Waals surface area contributed by atoms with E-state index in [1.165, 1.54) is 18.6 Å². The summed E-state index contributed by atoms with van der Waals surface area (Å²) in [7, 11) is 3.25. The van der Waals surface area contributed by atoms with Gasteiger partial charge in [-0.1, -0.05) is 50.3 Å². The molecule has 10 nitrogen and oxygen atoms in total. The van der Waals surface area contributed by atoms with Gasteiger partial charge in [-0.3, -0.25) is 4.79 Å². The molecule has 0 atom stereocenters. The minimum Gasteiger partial charge on any atom is -0.494 e. The smallest absolute Gasteiger partial charge is 0.333 e. The van der Waals surface area contributed by atoms with Crippen LogP contribution in [0.2, 0.25) is 0 Å². The summed E-state index contributed by atoms with van der Waals surface area (Å²) < 4.78 is 25.6. The molecule has 52 heavy (non-hydrogen) atoms. The van der Waals surface area contributed by atoms with Crippen LogP contribution in [0.25, 0.3) is 6.08 Å². The predicted octanol–water partition coefficient (Wildman–Crippen LogP) is 8.65. The highest BCUT2D eigenvalue weighted by molar-refractivity contribution is 6.09. The van der Waals surface area contributed by atoms with Gasteiger partial charge in [0.15, 0.2) is 5.78 Å². The highest BCUT2D eigenvalue weighted by atomic mass is 16.6. The van der Waals surface area contributed by atoms with E-state index in [1.807, 2.05) is 27.7 Å². The molecule has 3 aromatic carbocycles. The van der Waals surface area contributed by atoms with Crippen molar-refractivity contribution >= 4 is 35.2 Å². The first-order valence-corrected chi connectivity index (χ1v) is 17.2. The van der Waals surface area contributed by atoms with E-state index in [0.717, 1.165) is 31.2 Å². The van der Waals surface area contributed by atoms with E-state index in [0.29, 0.717) is 47.2 Å². The van der Waals surface area contributed by atoms with Gasteiger partial charge in [0.2, 0.25) is 0 Å². The summed E-state index contributed by atoms with van der Waals surface area (Å²) in [4.78, 5) is 36.0. The molecule has 284 valence electrons. The van der Waals surface area contributed by atoms with Crippen molar-refractivity contribution in [2.75, 3.05) is 52.1 Å². The van der Waals surface area contributed by atoms with Crippen LogP contribution in [0.15, 0.2) is 97.1 Å². The monoisotopic (exact) mass is 718 g/mol. The van der Waals surface area contributed by atoms with Crippen molar-refractivity contribution in [3.8, 4) is 11.5 Å². The van der Waals surface area contributed by atoms with Crippen LogP contribution in [0, 0.1) is 0 Å². The SMILES string of the molecule is C=C(C)C.C=C(C)C(=O)OCCOC(=O)/C=C/c1ccc(C(=O)c2ccc(OCCCCCCOc3ccc(N)cc3N)cc2)cc1.CC.COC. The van der Waals surface area contributed by atoms with Crippen LogP contribution in [-0.4, -0.2) is 58.4 Å². The number of nitrogens with two attached hydrogens (primary N) is 2. The largest absolute Gasteiger partial charge is 0.494 e. The van der Waals surface area contributed by atoms with Crippen LogP contribution in [0.1, 0.15) is 81.8 Å². The van der Waals surface area contributed by atoms with Gasteiger partial charge < -0.3 is 35.2 Å². The number of rotatable bonds is 17. The zero-order valence-corrected chi connectivity index (χ0v) is 32.0. The fourth-order valence-corrected chi connectivity index (χ4v) is 3.86.